The van der Waals surface area contributed by atoms with Crippen LogP contribution in [0.2, 0.25) is 0 Å². The van der Waals surface area contributed by atoms with Gasteiger partial charge in [-0.15, -0.1) is 0 Å². The lowest BCUT2D eigenvalue weighted by molar-refractivity contribution is -0.134. The molecule has 0 bridgehead atoms. The molecule has 1 heterocycles. The van der Waals surface area contributed by atoms with Gasteiger partial charge in [0.25, 0.3) is 0 Å². The molecule has 0 radical (unpaired) electrons. The topological polar surface area (TPSA) is 89.8 Å². The van der Waals surface area contributed by atoms with Crippen LogP contribution in [-0.2, 0) is 4.79 Å². The maximum Gasteiger partial charge on any atom is 0.223 e. The number of aliphatic hydroxyl groups excluding tert-OH is 3. The van der Waals surface area contributed by atoms with Crippen molar-refractivity contribution in [3.8, 4) is 0 Å². The molecule has 4 N–H and O–H groups in total. The average Bonchev–Trinajstić information content (AvgIpc) is 1.96. The van der Waals surface area contributed by atoms with Crippen molar-refractivity contribution in [1.29, 1.82) is 0 Å². The van der Waals surface area contributed by atoms with Gasteiger partial charge in [-0.05, 0) is 0 Å². The van der Waals surface area contributed by atoms with Gasteiger partial charge in [-0.1, -0.05) is 0 Å². The van der Waals surface area contributed by atoms with E-state index in [4.69, 9.17) is 15.3 Å². The summed E-state index contributed by atoms with van der Waals surface area (Å²) in [5.41, 5.74) is 0. The molecule has 11 heavy (non-hydrogen) atoms. The molecule has 1 amide bonds. The maximum absolute atomic E-state index is 10.7. The van der Waals surface area contributed by atoms with Gasteiger partial charge >= 0.3 is 0 Å². The fourth-order valence-electron chi connectivity index (χ4n) is 1.08. The molecule has 1 saturated heterocycles. The minimum absolute atomic E-state index is 0.0995. The zero-order valence-corrected chi connectivity index (χ0v) is 5.90. The van der Waals surface area contributed by atoms with Crippen LogP contribution < -0.4 is 5.32 Å². The van der Waals surface area contributed by atoms with Crippen LogP contribution in [-0.4, -0.2) is 46.1 Å². The molecule has 0 unspecified atom stereocenters. The molecule has 1 aliphatic rings. The predicted octanol–water partition coefficient (Wildman–Crippen LogP) is -2.41. The van der Waals surface area contributed by atoms with E-state index in [-0.39, 0.29) is 18.9 Å². The van der Waals surface area contributed by atoms with Gasteiger partial charge in [-0.25, -0.2) is 0 Å². The van der Waals surface area contributed by atoms with E-state index < -0.39 is 18.2 Å². The van der Waals surface area contributed by atoms with Gasteiger partial charge in [0.15, 0.2) is 0 Å². The van der Waals surface area contributed by atoms with Crippen LogP contribution >= 0.6 is 0 Å². The third kappa shape index (κ3) is 1.68. The molecule has 5 heteroatoms. The molecule has 0 aromatic heterocycles. The smallest absolute Gasteiger partial charge is 0.223 e. The zero-order chi connectivity index (χ0) is 8.43. The molecular weight excluding hydrogens is 150 g/mol. The summed E-state index contributed by atoms with van der Waals surface area (Å²) in [5, 5.41) is 29.1. The molecule has 1 aliphatic heterocycles. The van der Waals surface area contributed by atoms with Crippen LogP contribution in [0.15, 0.2) is 0 Å². The van der Waals surface area contributed by atoms with Crippen molar-refractivity contribution in [2.75, 3.05) is 6.61 Å². The Morgan fingerprint density at radius 1 is 1.55 bits per heavy atom. The summed E-state index contributed by atoms with van der Waals surface area (Å²) in [6, 6.07) is -0.730. The maximum atomic E-state index is 10.7. The second kappa shape index (κ2) is 3.17. The van der Waals surface area contributed by atoms with Gasteiger partial charge in [-0.2, -0.15) is 0 Å². The molecule has 0 spiro atoms. The van der Waals surface area contributed by atoms with Crippen molar-refractivity contribution in [3.05, 3.63) is 0 Å². The number of nitrogens with one attached hydrogen (secondary N) is 1. The average molecular weight is 161 g/mol. The van der Waals surface area contributed by atoms with Gasteiger partial charge in [0, 0.05) is 0 Å². The van der Waals surface area contributed by atoms with Crippen LogP contribution in [0.25, 0.3) is 0 Å². The SMILES string of the molecule is O=C1C[C@@H](O)[C@@H](O)[C@H](CO)N1. The van der Waals surface area contributed by atoms with E-state index >= 15 is 0 Å². The summed E-state index contributed by atoms with van der Waals surface area (Å²) in [4.78, 5) is 10.7. The van der Waals surface area contributed by atoms with E-state index in [1.807, 2.05) is 0 Å². The molecule has 3 atom stereocenters. The van der Waals surface area contributed by atoms with Gasteiger partial charge in [-0.3, -0.25) is 4.79 Å². The Balaban J connectivity index is 2.58. The quantitative estimate of drug-likeness (QED) is 0.345. The van der Waals surface area contributed by atoms with E-state index in [1.165, 1.54) is 0 Å². The highest BCUT2D eigenvalue weighted by atomic mass is 16.3. The van der Waals surface area contributed by atoms with E-state index in [9.17, 15) is 4.79 Å². The van der Waals surface area contributed by atoms with E-state index in [1.54, 1.807) is 0 Å². The summed E-state index contributed by atoms with van der Waals surface area (Å²) >= 11 is 0. The van der Waals surface area contributed by atoms with Crippen molar-refractivity contribution in [3.63, 3.8) is 0 Å². The monoisotopic (exact) mass is 161 g/mol. The Morgan fingerprint density at radius 2 is 2.18 bits per heavy atom. The predicted molar refractivity (Wildman–Crippen MR) is 35.6 cm³/mol. The lowest BCUT2D eigenvalue weighted by Crippen LogP contribution is -2.56. The fourth-order valence-corrected chi connectivity index (χ4v) is 1.08. The van der Waals surface area contributed by atoms with Crippen molar-refractivity contribution in [2.45, 2.75) is 24.7 Å². The van der Waals surface area contributed by atoms with Crippen molar-refractivity contribution in [1.82, 2.24) is 5.32 Å². The van der Waals surface area contributed by atoms with E-state index in [0.717, 1.165) is 0 Å². The first-order valence-electron chi connectivity index (χ1n) is 3.41. The molecule has 0 saturated carbocycles. The second-order valence-corrected chi connectivity index (χ2v) is 2.62. The minimum atomic E-state index is -1.06. The first-order chi connectivity index (χ1) is 5.15. The molecule has 0 aromatic carbocycles. The highest BCUT2D eigenvalue weighted by Gasteiger charge is 2.33. The van der Waals surface area contributed by atoms with Crippen LogP contribution in [0.5, 0.6) is 0 Å². The first kappa shape index (κ1) is 8.45. The summed E-state index contributed by atoms with van der Waals surface area (Å²) in [6.45, 7) is -0.357. The highest BCUT2D eigenvalue weighted by Crippen LogP contribution is 2.09. The fraction of sp³-hybridized carbons (Fsp3) is 0.833. The van der Waals surface area contributed by atoms with Crippen LogP contribution in [0.4, 0.5) is 0 Å². The van der Waals surface area contributed by atoms with E-state index in [2.05, 4.69) is 5.32 Å². The van der Waals surface area contributed by atoms with E-state index in [0.29, 0.717) is 0 Å². The lowest BCUT2D eigenvalue weighted by atomic mass is 9.99. The third-order valence-corrected chi connectivity index (χ3v) is 1.74. The van der Waals surface area contributed by atoms with Crippen LogP contribution in [0.1, 0.15) is 6.42 Å². The highest BCUT2D eigenvalue weighted by molar-refractivity contribution is 5.78. The van der Waals surface area contributed by atoms with Gasteiger partial charge in [0.05, 0.1) is 25.2 Å². The molecule has 1 fully saturated rings. The molecule has 0 aliphatic carbocycles. The number of hydrogen-bond acceptors (Lipinski definition) is 4. The Morgan fingerprint density at radius 3 is 2.73 bits per heavy atom. The normalized spacial score (nSPS) is 38.5. The number of amides is 1. The first-order valence-corrected chi connectivity index (χ1v) is 3.41. The van der Waals surface area contributed by atoms with Crippen LogP contribution in [0, 0.1) is 0 Å². The third-order valence-electron chi connectivity index (χ3n) is 1.74. The molecule has 5 nitrogen and oxygen atoms in total. The van der Waals surface area contributed by atoms with Crippen molar-refractivity contribution in [2.24, 2.45) is 0 Å². The number of hydrogen-bond donors (Lipinski definition) is 4. The summed E-state index contributed by atoms with van der Waals surface area (Å²) in [5.74, 6) is -0.346. The molecular formula is C6H11NO4. The molecule has 0 aromatic rings. The number of rotatable bonds is 1. The number of piperidine rings is 1. The Kier molecular flexibility index (Phi) is 2.43. The number of carbonyl (C=O) groups excluding carboxylic acids is 1. The standard InChI is InChI=1S/C6H11NO4/c8-2-3-6(11)4(9)1-5(10)7-3/h3-4,6,8-9,11H,1-2H2,(H,7,10)/t3-,4+,6-/m0/s1. The van der Waals surface area contributed by atoms with Gasteiger partial charge in [0.1, 0.15) is 6.10 Å². The summed E-state index contributed by atoms with van der Waals surface area (Å²) in [6.07, 6.45) is -2.21. The Hall–Kier alpha value is -0.650. The number of aliphatic hydroxyl groups is 3. The number of carbonyl (C=O) groups is 1. The Labute approximate surface area is 63.7 Å². The van der Waals surface area contributed by atoms with Crippen molar-refractivity contribution >= 4 is 5.91 Å². The van der Waals surface area contributed by atoms with Gasteiger partial charge in [0.2, 0.25) is 5.91 Å². The summed E-state index contributed by atoms with van der Waals surface area (Å²) in [7, 11) is 0. The van der Waals surface area contributed by atoms with Gasteiger partial charge < -0.3 is 20.6 Å². The van der Waals surface area contributed by atoms with Crippen LogP contribution in [0.3, 0.4) is 0 Å². The molecule has 1 rings (SSSR count). The largest absolute Gasteiger partial charge is 0.394 e. The zero-order valence-electron chi connectivity index (χ0n) is 5.90. The van der Waals surface area contributed by atoms with Crippen molar-refractivity contribution < 1.29 is 20.1 Å². The summed E-state index contributed by atoms with van der Waals surface area (Å²) < 4.78 is 0. The molecule has 64 valence electrons. The Bertz CT molecular complexity index is 161. The second-order valence-electron chi connectivity index (χ2n) is 2.62. The minimum Gasteiger partial charge on any atom is -0.394 e. The lowest BCUT2D eigenvalue weighted by Gasteiger charge is -2.30.